The van der Waals surface area contributed by atoms with Crippen LogP contribution in [0.15, 0.2) is 21.3 Å². The lowest BCUT2D eigenvalue weighted by Gasteiger charge is -2.08. The highest BCUT2D eigenvalue weighted by Crippen LogP contribution is 2.33. The van der Waals surface area contributed by atoms with Gasteiger partial charge in [0.15, 0.2) is 6.29 Å². The molecule has 88 valence electrons. The Morgan fingerprint density at radius 1 is 1.41 bits per heavy atom. The van der Waals surface area contributed by atoms with Crippen molar-refractivity contribution in [2.24, 2.45) is 0 Å². The third-order valence-electron chi connectivity index (χ3n) is 2.49. The molecule has 0 aliphatic carbocycles. The van der Waals surface area contributed by atoms with E-state index in [1.54, 1.807) is 13.0 Å². The van der Waals surface area contributed by atoms with Crippen molar-refractivity contribution in [1.82, 2.24) is 0 Å². The van der Waals surface area contributed by atoms with Gasteiger partial charge >= 0.3 is 5.63 Å². The Kier molecular flexibility index (Phi) is 2.59. The third-order valence-corrected chi connectivity index (χ3v) is 2.49. The van der Waals surface area contributed by atoms with Gasteiger partial charge in [-0.3, -0.25) is 4.79 Å². The monoisotopic (exact) mass is 234 g/mol. The van der Waals surface area contributed by atoms with Crippen LogP contribution in [0.1, 0.15) is 16.1 Å². The highest BCUT2D eigenvalue weighted by Gasteiger charge is 2.16. The second kappa shape index (κ2) is 3.93. The molecule has 0 spiro atoms. The number of fused-ring (bicyclic) bond motifs is 1. The number of hydrogen-bond acceptors (Lipinski definition) is 5. The Balaban J connectivity index is 3.00. The van der Waals surface area contributed by atoms with Crippen LogP contribution in [-0.4, -0.2) is 18.5 Å². The van der Waals surface area contributed by atoms with Gasteiger partial charge in [0.2, 0.25) is 0 Å². The lowest BCUT2D eigenvalue weighted by atomic mass is 10.1. The summed E-state index contributed by atoms with van der Waals surface area (Å²) in [5.74, 6) is 0.223. The molecule has 5 heteroatoms. The average molecular weight is 234 g/mol. The maximum absolute atomic E-state index is 11.6. The topological polar surface area (TPSA) is 76.7 Å². The van der Waals surface area contributed by atoms with E-state index in [0.717, 1.165) is 0 Å². The smallest absolute Gasteiger partial charge is 0.347 e. The van der Waals surface area contributed by atoms with Gasteiger partial charge in [-0.05, 0) is 24.4 Å². The molecule has 17 heavy (non-hydrogen) atoms. The first-order chi connectivity index (χ1) is 8.08. The Labute approximate surface area is 96.2 Å². The van der Waals surface area contributed by atoms with Gasteiger partial charge < -0.3 is 14.3 Å². The van der Waals surface area contributed by atoms with Crippen molar-refractivity contribution in [3.05, 3.63) is 33.9 Å². The first kappa shape index (κ1) is 11.2. The zero-order valence-corrected chi connectivity index (χ0v) is 9.31. The van der Waals surface area contributed by atoms with Crippen molar-refractivity contribution in [3.8, 4) is 11.5 Å². The van der Waals surface area contributed by atoms with E-state index in [0.29, 0.717) is 17.4 Å². The SMILES string of the molecule is COc1cc2cc(C)oc(=O)c2c(O)c1C=O. The van der Waals surface area contributed by atoms with Gasteiger partial charge in [0, 0.05) is 0 Å². The van der Waals surface area contributed by atoms with Gasteiger partial charge in [-0.15, -0.1) is 0 Å². The number of carbonyl (C=O) groups is 1. The fourth-order valence-electron chi connectivity index (χ4n) is 1.74. The van der Waals surface area contributed by atoms with E-state index < -0.39 is 11.4 Å². The van der Waals surface area contributed by atoms with Gasteiger partial charge in [-0.2, -0.15) is 0 Å². The molecule has 0 bridgehead atoms. The third kappa shape index (κ3) is 1.65. The second-order valence-electron chi connectivity index (χ2n) is 3.57. The number of methoxy groups -OCH3 is 1. The minimum Gasteiger partial charge on any atom is -0.506 e. The molecule has 0 saturated carbocycles. The summed E-state index contributed by atoms with van der Waals surface area (Å²) in [6, 6.07) is 3.11. The maximum Gasteiger partial charge on any atom is 0.347 e. The highest BCUT2D eigenvalue weighted by molar-refractivity contribution is 5.98. The Morgan fingerprint density at radius 2 is 2.12 bits per heavy atom. The van der Waals surface area contributed by atoms with Crippen LogP contribution in [0.25, 0.3) is 10.8 Å². The van der Waals surface area contributed by atoms with E-state index in [1.165, 1.54) is 13.2 Å². The van der Waals surface area contributed by atoms with Gasteiger partial charge in [-0.1, -0.05) is 0 Å². The lowest BCUT2D eigenvalue weighted by Crippen LogP contribution is -2.03. The quantitative estimate of drug-likeness (QED) is 0.799. The van der Waals surface area contributed by atoms with Crippen molar-refractivity contribution in [1.29, 1.82) is 0 Å². The molecule has 5 nitrogen and oxygen atoms in total. The average Bonchev–Trinajstić information content (AvgIpc) is 2.27. The largest absolute Gasteiger partial charge is 0.506 e. The number of rotatable bonds is 2. The maximum atomic E-state index is 11.6. The second-order valence-corrected chi connectivity index (χ2v) is 3.57. The van der Waals surface area contributed by atoms with Crippen molar-refractivity contribution >= 4 is 17.1 Å². The van der Waals surface area contributed by atoms with Crippen molar-refractivity contribution in [2.45, 2.75) is 6.92 Å². The van der Waals surface area contributed by atoms with E-state index in [-0.39, 0.29) is 16.7 Å². The minimum absolute atomic E-state index is 0.0153. The van der Waals surface area contributed by atoms with Crippen LogP contribution in [0.5, 0.6) is 11.5 Å². The number of benzene rings is 1. The lowest BCUT2D eigenvalue weighted by molar-refractivity contribution is 0.111. The van der Waals surface area contributed by atoms with Gasteiger partial charge in [0.05, 0.1) is 12.7 Å². The van der Waals surface area contributed by atoms with E-state index in [9.17, 15) is 14.7 Å². The molecule has 1 aromatic carbocycles. The van der Waals surface area contributed by atoms with Crippen molar-refractivity contribution < 1.29 is 19.1 Å². The molecular formula is C12H10O5. The molecule has 1 heterocycles. The number of carbonyl (C=O) groups excluding carboxylic acids is 1. The summed E-state index contributed by atoms with van der Waals surface area (Å²) in [6.07, 6.45) is 0.437. The van der Waals surface area contributed by atoms with Crippen LogP contribution < -0.4 is 10.4 Å². The molecule has 2 aromatic rings. The van der Waals surface area contributed by atoms with Crippen molar-refractivity contribution in [3.63, 3.8) is 0 Å². The molecule has 0 aliphatic rings. The highest BCUT2D eigenvalue weighted by atomic mass is 16.5. The Bertz CT molecular complexity index is 654. The van der Waals surface area contributed by atoms with Gasteiger partial charge in [0.25, 0.3) is 0 Å². The molecule has 0 aliphatic heterocycles. The molecule has 1 N–H and O–H groups in total. The predicted octanol–water partition coefficient (Wildman–Crippen LogP) is 1.63. The van der Waals surface area contributed by atoms with Crippen LogP contribution in [0.2, 0.25) is 0 Å². The van der Waals surface area contributed by atoms with Crippen LogP contribution in [-0.2, 0) is 0 Å². The molecule has 0 unspecified atom stereocenters. The molecule has 0 saturated heterocycles. The van der Waals surface area contributed by atoms with Crippen LogP contribution in [0, 0.1) is 6.92 Å². The fourth-order valence-corrected chi connectivity index (χ4v) is 1.74. The zero-order chi connectivity index (χ0) is 12.6. The molecule has 2 rings (SSSR count). The predicted molar refractivity (Wildman–Crippen MR) is 60.8 cm³/mol. The molecule has 1 aromatic heterocycles. The Hall–Kier alpha value is -2.30. The zero-order valence-electron chi connectivity index (χ0n) is 9.31. The molecule has 0 radical (unpaired) electrons. The summed E-state index contributed by atoms with van der Waals surface area (Å²) in [4.78, 5) is 22.5. The van der Waals surface area contributed by atoms with Gasteiger partial charge in [0.1, 0.15) is 22.6 Å². The van der Waals surface area contributed by atoms with Crippen LogP contribution in [0.4, 0.5) is 0 Å². The van der Waals surface area contributed by atoms with Gasteiger partial charge in [-0.25, -0.2) is 4.79 Å². The summed E-state index contributed by atoms with van der Waals surface area (Å²) < 4.78 is 9.85. The first-order valence-corrected chi connectivity index (χ1v) is 4.88. The van der Waals surface area contributed by atoms with E-state index >= 15 is 0 Å². The van der Waals surface area contributed by atoms with E-state index in [4.69, 9.17) is 9.15 Å². The fraction of sp³-hybridized carbons (Fsp3) is 0.167. The summed E-state index contributed by atoms with van der Waals surface area (Å²) >= 11 is 0. The minimum atomic E-state index is -0.678. The normalized spacial score (nSPS) is 10.5. The first-order valence-electron chi connectivity index (χ1n) is 4.88. The summed E-state index contributed by atoms with van der Waals surface area (Å²) in [7, 11) is 1.38. The van der Waals surface area contributed by atoms with Crippen LogP contribution in [0.3, 0.4) is 0 Å². The number of aromatic hydroxyl groups is 1. The Morgan fingerprint density at radius 3 is 2.71 bits per heavy atom. The standard InChI is InChI=1S/C12H10O5/c1-6-3-7-4-9(16-2)8(5-13)11(14)10(7)12(15)17-6/h3-5,14H,1-2H3. The summed E-state index contributed by atoms with van der Waals surface area (Å²) in [6.45, 7) is 1.62. The van der Waals surface area contributed by atoms with E-state index in [2.05, 4.69) is 0 Å². The molecule has 0 fully saturated rings. The summed E-state index contributed by atoms with van der Waals surface area (Å²) in [5, 5.41) is 10.3. The molecule has 0 amide bonds. The molecule has 0 atom stereocenters. The number of hydrogen-bond donors (Lipinski definition) is 1. The summed E-state index contributed by atoms with van der Waals surface area (Å²) in [5.41, 5.74) is -0.737. The number of aldehydes is 1. The molecular weight excluding hydrogens is 224 g/mol. The number of phenolic OH excluding ortho intramolecular Hbond substituents is 1. The number of aryl methyl sites for hydroxylation is 1. The number of phenols is 1. The van der Waals surface area contributed by atoms with E-state index in [1.807, 2.05) is 0 Å². The van der Waals surface area contributed by atoms with Crippen molar-refractivity contribution in [2.75, 3.05) is 7.11 Å². The number of ether oxygens (including phenoxy) is 1. The van der Waals surface area contributed by atoms with Crippen LogP contribution >= 0.6 is 0 Å².